The van der Waals surface area contributed by atoms with Gasteiger partial charge in [-0.15, -0.1) is 0 Å². The number of halogens is 1. The average molecular weight is 575 g/mol. The van der Waals surface area contributed by atoms with Crippen LogP contribution in [0.1, 0.15) is 37.8 Å². The number of aliphatic hydroxyl groups excluding tert-OH is 1. The Bertz CT molecular complexity index is 1140. The van der Waals surface area contributed by atoms with Crippen molar-refractivity contribution in [1.82, 2.24) is 15.0 Å². The molecule has 34 heavy (non-hydrogen) atoms. The first kappa shape index (κ1) is 24.8. The van der Waals surface area contributed by atoms with Crippen LogP contribution in [0, 0.1) is 14.9 Å². The van der Waals surface area contributed by atoms with Gasteiger partial charge < -0.3 is 14.7 Å². The Kier molecular flexibility index (Phi) is 7.69. The van der Waals surface area contributed by atoms with Crippen molar-refractivity contribution < 1.29 is 19.5 Å². The zero-order valence-corrected chi connectivity index (χ0v) is 21.7. The first-order chi connectivity index (χ1) is 16.3. The molecule has 1 aromatic heterocycles. The minimum absolute atomic E-state index is 0.307. The van der Waals surface area contributed by atoms with Crippen LogP contribution in [-0.4, -0.2) is 50.9 Å². The molecular weight excluding hydrogens is 545 g/mol. The van der Waals surface area contributed by atoms with Crippen LogP contribution >= 0.6 is 22.6 Å². The number of carboxylic acids is 1. The lowest BCUT2D eigenvalue weighted by Gasteiger charge is -2.37. The van der Waals surface area contributed by atoms with Crippen molar-refractivity contribution in [3.05, 3.63) is 57.2 Å². The third-order valence-corrected chi connectivity index (χ3v) is 7.55. The molecule has 1 saturated heterocycles. The molecule has 0 spiro atoms. The van der Waals surface area contributed by atoms with E-state index >= 15 is 0 Å². The number of rotatable bonds is 8. The number of aromatic nitrogens is 2. The minimum Gasteiger partial charge on any atom is -0.481 e. The van der Waals surface area contributed by atoms with E-state index in [0.29, 0.717) is 43.6 Å². The first-order valence-electron chi connectivity index (χ1n) is 11.6. The number of nitrogens with zero attached hydrogens (tertiary/aromatic N) is 3. The lowest BCUT2D eigenvalue weighted by atomic mass is 9.79. The number of aliphatic hydroxyl groups is 1. The quantitative estimate of drug-likeness (QED) is 0.370. The van der Waals surface area contributed by atoms with E-state index in [1.165, 1.54) is 9.13 Å². The van der Waals surface area contributed by atoms with Crippen LogP contribution in [0.25, 0.3) is 22.8 Å². The maximum absolute atomic E-state index is 11.5. The van der Waals surface area contributed by atoms with Gasteiger partial charge in [0, 0.05) is 21.2 Å². The van der Waals surface area contributed by atoms with Gasteiger partial charge in [-0.2, -0.15) is 4.98 Å². The summed E-state index contributed by atoms with van der Waals surface area (Å²) in [5, 5.41) is 23.1. The Morgan fingerprint density at radius 2 is 1.82 bits per heavy atom. The Morgan fingerprint density at radius 3 is 2.41 bits per heavy atom. The fourth-order valence-corrected chi connectivity index (χ4v) is 5.08. The van der Waals surface area contributed by atoms with Crippen LogP contribution in [0.2, 0.25) is 0 Å². The molecule has 3 aromatic rings. The van der Waals surface area contributed by atoms with Crippen molar-refractivity contribution in [3.63, 3.8) is 0 Å². The van der Waals surface area contributed by atoms with Crippen LogP contribution in [-0.2, 0) is 17.8 Å². The van der Waals surface area contributed by atoms with Crippen LogP contribution in [0.3, 0.4) is 0 Å². The van der Waals surface area contributed by atoms with Crippen LogP contribution in [0.15, 0.2) is 47.0 Å². The maximum atomic E-state index is 11.5. The summed E-state index contributed by atoms with van der Waals surface area (Å²) in [6, 6.07) is 14.3. The number of carboxylic acid groups (broad SMARTS) is 1. The maximum Gasteiger partial charge on any atom is 0.312 e. The number of likely N-dealkylation sites (tertiary alicyclic amines) is 1. The average Bonchev–Trinajstić information content (AvgIpc) is 3.31. The highest BCUT2D eigenvalue weighted by atomic mass is 127. The standard InChI is InChI=1S/C26H30IN3O4/c1-17(2)13-20-7-8-21(14-22(20)27)24-28-23(29-34-24)19-5-3-18(4-6-19)15-30-11-9-26(16-31,10-12-30)25(32)33/h3-8,14,17,31H,9-13,15-16H2,1-2H3,(H,32,33). The summed E-state index contributed by atoms with van der Waals surface area (Å²) >= 11 is 2.36. The normalized spacial score (nSPS) is 16.1. The molecular formula is C26H30IN3O4. The molecule has 7 nitrogen and oxygen atoms in total. The predicted octanol–water partition coefficient (Wildman–Crippen LogP) is 4.87. The summed E-state index contributed by atoms with van der Waals surface area (Å²) in [5.41, 5.74) is 3.26. The topological polar surface area (TPSA) is 99.7 Å². The minimum atomic E-state index is -0.997. The van der Waals surface area contributed by atoms with E-state index < -0.39 is 11.4 Å². The van der Waals surface area contributed by atoms with Gasteiger partial charge in [0.2, 0.25) is 5.82 Å². The van der Waals surface area contributed by atoms with Gasteiger partial charge in [-0.25, -0.2) is 0 Å². The third kappa shape index (κ3) is 5.50. The molecule has 4 rings (SSSR count). The molecule has 0 atom stereocenters. The van der Waals surface area contributed by atoms with Gasteiger partial charge in [-0.05, 0) is 84.1 Å². The largest absolute Gasteiger partial charge is 0.481 e. The lowest BCUT2D eigenvalue weighted by Crippen LogP contribution is -2.46. The van der Waals surface area contributed by atoms with Crippen molar-refractivity contribution in [2.24, 2.45) is 11.3 Å². The molecule has 0 radical (unpaired) electrons. The molecule has 0 bridgehead atoms. The Labute approximate surface area is 213 Å². The summed E-state index contributed by atoms with van der Waals surface area (Å²) < 4.78 is 6.74. The number of hydrogen-bond donors (Lipinski definition) is 2. The molecule has 1 aliphatic heterocycles. The van der Waals surface area contributed by atoms with Crippen LogP contribution in [0.4, 0.5) is 0 Å². The van der Waals surface area contributed by atoms with Crippen molar-refractivity contribution in [1.29, 1.82) is 0 Å². The molecule has 2 aromatic carbocycles. The predicted molar refractivity (Wildman–Crippen MR) is 138 cm³/mol. The summed E-state index contributed by atoms with van der Waals surface area (Å²) in [7, 11) is 0. The second-order valence-corrected chi connectivity index (χ2v) is 10.7. The molecule has 8 heteroatoms. The number of benzene rings is 2. The first-order valence-corrected chi connectivity index (χ1v) is 12.7. The fraction of sp³-hybridized carbons (Fsp3) is 0.423. The van der Waals surface area contributed by atoms with E-state index in [-0.39, 0.29) is 6.61 Å². The van der Waals surface area contributed by atoms with Gasteiger partial charge in [-0.3, -0.25) is 9.69 Å². The van der Waals surface area contributed by atoms with E-state index in [1.54, 1.807) is 0 Å². The zero-order valence-electron chi connectivity index (χ0n) is 19.5. The van der Waals surface area contributed by atoms with Gasteiger partial charge in [0.1, 0.15) is 0 Å². The van der Waals surface area contributed by atoms with Gasteiger partial charge >= 0.3 is 5.97 Å². The van der Waals surface area contributed by atoms with Crippen LogP contribution in [0.5, 0.6) is 0 Å². The summed E-state index contributed by atoms with van der Waals surface area (Å²) in [5.74, 6) is 0.757. The van der Waals surface area contributed by atoms with Gasteiger partial charge in [-0.1, -0.05) is 49.3 Å². The SMILES string of the molecule is CC(C)Cc1ccc(-c2nc(-c3ccc(CN4CCC(CO)(C(=O)O)CC4)cc3)no2)cc1I. The highest BCUT2D eigenvalue weighted by Gasteiger charge is 2.40. The van der Waals surface area contributed by atoms with Gasteiger partial charge in [0.15, 0.2) is 0 Å². The lowest BCUT2D eigenvalue weighted by molar-refractivity contribution is -0.155. The van der Waals surface area contributed by atoms with Crippen molar-refractivity contribution >= 4 is 28.6 Å². The Morgan fingerprint density at radius 1 is 1.15 bits per heavy atom. The fourth-order valence-electron chi connectivity index (χ4n) is 4.34. The summed E-state index contributed by atoms with van der Waals surface area (Å²) in [6.07, 6.45) is 1.96. The van der Waals surface area contributed by atoms with Gasteiger partial charge in [0.25, 0.3) is 5.89 Å². The number of hydrogen-bond acceptors (Lipinski definition) is 6. The third-order valence-electron chi connectivity index (χ3n) is 6.54. The number of piperidine rings is 1. The van der Waals surface area contributed by atoms with E-state index in [2.05, 4.69) is 63.6 Å². The highest BCUT2D eigenvalue weighted by molar-refractivity contribution is 14.1. The monoisotopic (exact) mass is 575 g/mol. The molecule has 0 saturated carbocycles. The second-order valence-electron chi connectivity index (χ2n) is 9.54. The molecule has 0 aliphatic carbocycles. The number of carbonyl (C=O) groups is 1. The van der Waals surface area contributed by atoms with Crippen molar-refractivity contribution in [3.8, 4) is 22.8 Å². The Balaban J connectivity index is 1.40. The molecule has 2 heterocycles. The van der Waals surface area contributed by atoms with Gasteiger partial charge in [0.05, 0.1) is 12.0 Å². The summed E-state index contributed by atoms with van der Waals surface area (Å²) in [6.45, 7) is 6.16. The molecule has 180 valence electrons. The zero-order chi connectivity index (χ0) is 24.3. The van der Waals surface area contributed by atoms with Crippen molar-refractivity contribution in [2.75, 3.05) is 19.7 Å². The molecule has 0 unspecified atom stereocenters. The molecule has 2 N–H and O–H groups in total. The second kappa shape index (κ2) is 10.5. The van der Waals surface area contributed by atoms with Crippen LogP contribution < -0.4 is 0 Å². The van der Waals surface area contributed by atoms with E-state index in [0.717, 1.165) is 29.7 Å². The van der Waals surface area contributed by atoms with E-state index in [1.807, 2.05) is 30.3 Å². The van der Waals surface area contributed by atoms with Crippen molar-refractivity contribution in [2.45, 2.75) is 39.7 Å². The highest BCUT2D eigenvalue weighted by Crippen LogP contribution is 2.32. The smallest absolute Gasteiger partial charge is 0.312 e. The van der Waals surface area contributed by atoms with E-state index in [4.69, 9.17) is 4.52 Å². The number of aliphatic carboxylic acids is 1. The molecule has 0 amide bonds. The molecule has 1 aliphatic rings. The summed E-state index contributed by atoms with van der Waals surface area (Å²) in [4.78, 5) is 18.3. The molecule has 1 fully saturated rings. The van der Waals surface area contributed by atoms with E-state index in [9.17, 15) is 15.0 Å². The Hall–Kier alpha value is -2.30.